The Kier molecular flexibility index (Phi) is 10.1. The predicted molar refractivity (Wildman–Crippen MR) is 179 cm³/mol. The monoisotopic (exact) mass is 627 g/mol. The average Bonchev–Trinajstić information content (AvgIpc) is 3.24. The Labute approximate surface area is 268 Å². The minimum absolute atomic E-state index is 0.0413. The van der Waals surface area contributed by atoms with E-state index in [9.17, 15) is 14.4 Å². The standard InChI is InChI=1S/C35H41N5O6/c1-21(41)38-26-13-10-22-17-31(44-3)34(45-4)35(46-5)33(22)24-12-14-27(30(42)19-25(24)26)36-16-8-6-7-9-32(43)39-23-11-15-29-28(18-23)37-20-40(29)2/h11-12,14-15,17-20,26H,6-10,13,16H2,1-5H3,(H,36,42)(H,38,41)(H,39,43). The first kappa shape index (κ1) is 32.3. The van der Waals surface area contributed by atoms with Gasteiger partial charge in [0.1, 0.15) is 0 Å². The Bertz CT molecular complexity index is 1820. The molecule has 3 N–H and O–H groups in total. The number of benzene rings is 2. The molecular formula is C35H41N5O6. The summed E-state index contributed by atoms with van der Waals surface area (Å²) in [5, 5.41) is 9.26. The second kappa shape index (κ2) is 14.4. The second-order valence-electron chi connectivity index (χ2n) is 11.4. The number of rotatable bonds is 12. The minimum Gasteiger partial charge on any atom is -0.493 e. The molecule has 1 aromatic heterocycles. The quantitative estimate of drug-likeness (QED) is 0.179. The van der Waals surface area contributed by atoms with Crippen LogP contribution in [0.1, 0.15) is 56.2 Å². The predicted octanol–water partition coefficient (Wildman–Crippen LogP) is 5.36. The largest absolute Gasteiger partial charge is 0.493 e. The van der Waals surface area contributed by atoms with Crippen molar-refractivity contribution in [2.45, 2.75) is 51.5 Å². The topological polar surface area (TPSA) is 133 Å². The number of hydrogen-bond donors (Lipinski definition) is 3. The first-order valence-electron chi connectivity index (χ1n) is 15.5. The van der Waals surface area contributed by atoms with E-state index in [2.05, 4.69) is 20.9 Å². The third kappa shape index (κ3) is 6.93. The number of fused-ring (bicyclic) bond motifs is 4. The number of nitrogens with zero attached hydrogens (tertiary/aromatic N) is 2. The molecule has 5 rings (SSSR count). The van der Waals surface area contributed by atoms with Crippen LogP contribution >= 0.6 is 0 Å². The van der Waals surface area contributed by atoms with Gasteiger partial charge in [0.25, 0.3) is 0 Å². The van der Waals surface area contributed by atoms with Crippen molar-refractivity contribution in [3.8, 4) is 28.4 Å². The van der Waals surface area contributed by atoms with Gasteiger partial charge in [-0.15, -0.1) is 0 Å². The molecule has 4 aromatic rings. The van der Waals surface area contributed by atoms with Crippen molar-refractivity contribution in [3.05, 3.63) is 70.1 Å². The molecule has 2 amide bonds. The van der Waals surface area contributed by atoms with Crippen LogP contribution in [0.2, 0.25) is 0 Å². The number of carbonyl (C=O) groups excluding carboxylic acids is 2. The maximum atomic E-state index is 13.5. The third-order valence-corrected chi connectivity index (χ3v) is 8.32. The zero-order chi connectivity index (χ0) is 32.8. The van der Waals surface area contributed by atoms with Crippen molar-refractivity contribution in [1.29, 1.82) is 0 Å². The van der Waals surface area contributed by atoms with Crippen LogP contribution in [0, 0.1) is 0 Å². The number of imidazole rings is 1. The zero-order valence-corrected chi connectivity index (χ0v) is 27.0. The number of aromatic nitrogens is 2. The molecule has 0 aliphatic heterocycles. The Morgan fingerprint density at radius 2 is 1.78 bits per heavy atom. The summed E-state index contributed by atoms with van der Waals surface area (Å²) in [4.78, 5) is 42.5. The first-order chi connectivity index (χ1) is 22.2. The van der Waals surface area contributed by atoms with Crippen molar-refractivity contribution in [1.82, 2.24) is 14.9 Å². The summed E-state index contributed by atoms with van der Waals surface area (Å²) in [5.74, 6) is 1.30. The number of amides is 2. The van der Waals surface area contributed by atoms with Crippen LogP contribution in [-0.4, -0.2) is 49.2 Å². The van der Waals surface area contributed by atoms with E-state index in [0.717, 1.165) is 52.7 Å². The molecule has 1 atom stereocenters. The number of methoxy groups -OCH3 is 3. The average molecular weight is 628 g/mol. The fraction of sp³-hybridized carbons (Fsp3) is 0.371. The van der Waals surface area contributed by atoms with Gasteiger partial charge in [0.15, 0.2) is 11.5 Å². The molecule has 0 saturated carbocycles. The van der Waals surface area contributed by atoms with Gasteiger partial charge in [0, 0.05) is 38.2 Å². The van der Waals surface area contributed by atoms with Gasteiger partial charge >= 0.3 is 0 Å². The summed E-state index contributed by atoms with van der Waals surface area (Å²) in [7, 11) is 6.65. The van der Waals surface area contributed by atoms with Gasteiger partial charge in [-0.2, -0.15) is 0 Å². The van der Waals surface area contributed by atoms with E-state index in [0.29, 0.717) is 54.3 Å². The molecule has 11 heteroatoms. The SMILES string of the molecule is COc1cc2c(c(OC)c1OC)-c1ccc(NCCCCCC(=O)Nc3ccc4c(c3)ncn4C)c(=O)cc1C(NC(C)=O)CC2. The molecule has 1 unspecified atom stereocenters. The highest BCUT2D eigenvalue weighted by Crippen LogP contribution is 2.50. The highest BCUT2D eigenvalue weighted by atomic mass is 16.5. The molecule has 0 fully saturated rings. The van der Waals surface area contributed by atoms with Gasteiger partial charge in [-0.3, -0.25) is 14.4 Å². The molecule has 0 bridgehead atoms. The maximum Gasteiger partial charge on any atom is 0.224 e. The summed E-state index contributed by atoms with van der Waals surface area (Å²) < 4.78 is 19.0. The van der Waals surface area contributed by atoms with Gasteiger partial charge in [0.2, 0.25) is 23.0 Å². The fourth-order valence-corrected chi connectivity index (χ4v) is 6.10. The van der Waals surface area contributed by atoms with Crippen molar-refractivity contribution in [2.75, 3.05) is 38.5 Å². The van der Waals surface area contributed by atoms with E-state index < -0.39 is 0 Å². The van der Waals surface area contributed by atoms with Crippen LogP contribution in [0.5, 0.6) is 17.2 Å². The smallest absolute Gasteiger partial charge is 0.224 e. The lowest BCUT2D eigenvalue weighted by Crippen LogP contribution is -2.26. The number of aryl methyl sites for hydroxylation is 2. The summed E-state index contributed by atoms with van der Waals surface area (Å²) in [6.45, 7) is 2.05. The number of carbonyl (C=O) groups is 2. The van der Waals surface area contributed by atoms with Crippen LogP contribution in [0.25, 0.3) is 22.2 Å². The Morgan fingerprint density at radius 3 is 2.52 bits per heavy atom. The summed E-state index contributed by atoms with van der Waals surface area (Å²) in [6.07, 6.45) is 5.70. The van der Waals surface area contributed by atoms with E-state index in [1.807, 2.05) is 41.9 Å². The van der Waals surface area contributed by atoms with Gasteiger partial charge in [-0.25, -0.2) is 4.98 Å². The van der Waals surface area contributed by atoms with Crippen LogP contribution < -0.4 is 35.6 Å². The highest BCUT2D eigenvalue weighted by Gasteiger charge is 2.29. The van der Waals surface area contributed by atoms with Crippen molar-refractivity contribution in [2.24, 2.45) is 7.05 Å². The lowest BCUT2D eigenvalue weighted by atomic mass is 9.95. The van der Waals surface area contributed by atoms with Gasteiger partial charge in [0.05, 0.1) is 50.4 Å². The van der Waals surface area contributed by atoms with Crippen LogP contribution in [0.3, 0.4) is 0 Å². The molecule has 1 heterocycles. The molecule has 11 nitrogen and oxygen atoms in total. The molecule has 1 aliphatic carbocycles. The zero-order valence-electron chi connectivity index (χ0n) is 27.0. The number of nitrogens with one attached hydrogen (secondary N) is 3. The maximum absolute atomic E-state index is 13.5. The number of hydrogen-bond acceptors (Lipinski definition) is 8. The van der Waals surface area contributed by atoms with Gasteiger partial charge in [-0.05, 0) is 78.8 Å². The van der Waals surface area contributed by atoms with Crippen LogP contribution in [0.15, 0.2) is 53.6 Å². The highest BCUT2D eigenvalue weighted by molar-refractivity contribution is 5.93. The molecule has 3 aromatic carbocycles. The van der Waals surface area contributed by atoms with Crippen LogP contribution in [-0.2, 0) is 23.1 Å². The van der Waals surface area contributed by atoms with E-state index in [4.69, 9.17) is 14.2 Å². The van der Waals surface area contributed by atoms with Crippen LogP contribution in [0.4, 0.5) is 11.4 Å². The first-order valence-corrected chi connectivity index (χ1v) is 15.5. The second-order valence-corrected chi connectivity index (χ2v) is 11.4. The van der Waals surface area contributed by atoms with E-state index in [-0.39, 0.29) is 23.3 Å². The summed E-state index contributed by atoms with van der Waals surface area (Å²) >= 11 is 0. The van der Waals surface area contributed by atoms with Crippen molar-refractivity contribution < 1.29 is 23.8 Å². The van der Waals surface area contributed by atoms with Gasteiger partial charge < -0.3 is 34.7 Å². The third-order valence-electron chi connectivity index (χ3n) is 8.32. The normalized spacial score (nSPS) is 13.6. The lowest BCUT2D eigenvalue weighted by molar-refractivity contribution is -0.119. The molecule has 242 valence electrons. The number of anilines is 2. The molecule has 0 spiro atoms. The summed E-state index contributed by atoms with van der Waals surface area (Å²) in [6, 6.07) is 12.5. The van der Waals surface area contributed by atoms with Crippen molar-refractivity contribution >= 4 is 34.2 Å². The molecular weight excluding hydrogens is 586 g/mol. The van der Waals surface area contributed by atoms with Gasteiger partial charge in [-0.1, -0.05) is 12.5 Å². The molecule has 46 heavy (non-hydrogen) atoms. The number of ether oxygens (including phenoxy) is 3. The minimum atomic E-state index is -0.369. The summed E-state index contributed by atoms with van der Waals surface area (Å²) in [5.41, 5.74) is 6.13. The van der Waals surface area contributed by atoms with E-state index in [1.54, 1.807) is 39.8 Å². The Balaban J connectivity index is 1.27. The number of unbranched alkanes of at least 4 members (excludes halogenated alkanes) is 2. The van der Waals surface area contributed by atoms with Crippen molar-refractivity contribution in [3.63, 3.8) is 0 Å². The van der Waals surface area contributed by atoms with E-state index in [1.165, 1.54) is 6.92 Å². The fourth-order valence-electron chi connectivity index (χ4n) is 6.10. The molecule has 0 saturated heterocycles. The Hall–Kier alpha value is -5.06. The molecule has 1 aliphatic rings. The molecule has 0 radical (unpaired) electrons. The lowest BCUT2D eigenvalue weighted by Gasteiger charge is -2.19. The van der Waals surface area contributed by atoms with E-state index >= 15 is 0 Å². The Morgan fingerprint density at radius 1 is 0.978 bits per heavy atom.